The van der Waals surface area contributed by atoms with Crippen molar-refractivity contribution in [3.8, 4) is 22.8 Å². The molecule has 4 rings (SSSR count). The normalized spacial score (nSPS) is 13.5. The van der Waals surface area contributed by atoms with Gasteiger partial charge in [-0.1, -0.05) is 0 Å². The molecule has 0 amide bonds. The molecule has 0 unspecified atom stereocenters. The zero-order valence-electron chi connectivity index (χ0n) is 13.5. The Bertz CT molecular complexity index is 1060. The molecule has 8 heteroatoms. The lowest BCUT2D eigenvalue weighted by atomic mass is 10.1. The molecule has 0 aliphatic carbocycles. The van der Waals surface area contributed by atoms with E-state index in [9.17, 15) is 13.5 Å². The van der Waals surface area contributed by atoms with Gasteiger partial charge in [0.2, 0.25) is 5.88 Å². The molecule has 3 aromatic rings. The van der Waals surface area contributed by atoms with Crippen molar-refractivity contribution in [1.82, 2.24) is 14.8 Å². The minimum absolute atomic E-state index is 0.0561. The molecule has 0 atom stereocenters. The first-order valence-electron chi connectivity index (χ1n) is 7.76. The fourth-order valence-electron chi connectivity index (χ4n) is 2.95. The van der Waals surface area contributed by atoms with Gasteiger partial charge >= 0.3 is 0 Å². The molecule has 0 bridgehead atoms. The number of aromatic hydroxyl groups is 1. The van der Waals surface area contributed by atoms with Gasteiger partial charge in [0.1, 0.15) is 11.5 Å². The van der Waals surface area contributed by atoms with Gasteiger partial charge in [0.15, 0.2) is 9.84 Å². The lowest BCUT2D eigenvalue weighted by Crippen LogP contribution is -2.05. The standard InChI is InChI=1S/C17H16N4O3S/c1-25(23,24)12-6-4-11(5-7-12)21-17(22)14-8-10-19-16-13(15(14)20-21)3-2-9-18-16/h2-7,9,22H,8,10H2,1H3,(H,18,19). The van der Waals surface area contributed by atoms with Crippen LogP contribution in [-0.2, 0) is 16.3 Å². The Morgan fingerprint density at radius 3 is 2.68 bits per heavy atom. The molecule has 3 heterocycles. The van der Waals surface area contributed by atoms with Crippen molar-refractivity contribution in [1.29, 1.82) is 0 Å². The number of nitrogens with zero attached hydrogens (tertiary/aromatic N) is 3. The minimum atomic E-state index is -3.27. The Kier molecular flexibility index (Phi) is 3.50. The molecule has 1 aliphatic rings. The van der Waals surface area contributed by atoms with Crippen molar-refractivity contribution < 1.29 is 13.5 Å². The predicted octanol–water partition coefficient (Wildman–Crippen LogP) is 2.01. The van der Waals surface area contributed by atoms with Gasteiger partial charge in [-0.25, -0.2) is 18.1 Å². The summed E-state index contributed by atoms with van der Waals surface area (Å²) in [6.07, 6.45) is 3.48. The van der Waals surface area contributed by atoms with Crippen molar-refractivity contribution in [2.75, 3.05) is 18.1 Å². The summed E-state index contributed by atoms with van der Waals surface area (Å²) in [5, 5.41) is 18.4. The van der Waals surface area contributed by atoms with Crippen LogP contribution >= 0.6 is 0 Å². The lowest BCUT2D eigenvalue weighted by molar-refractivity contribution is 0.428. The Hall–Kier alpha value is -2.87. The average molecular weight is 356 g/mol. The summed E-state index contributed by atoms with van der Waals surface area (Å²) in [5.74, 6) is 0.791. The first-order chi connectivity index (χ1) is 11.9. The number of anilines is 1. The second kappa shape index (κ2) is 5.59. The molecule has 0 saturated heterocycles. The maximum absolute atomic E-state index is 11.6. The number of nitrogens with one attached hydrogen (secondary N) is 1. The molecular formula is C17H16N4O3S. The van der Waals surface area contributed by atoms with Crippen LogP contribution in [0.1, 0.15) is 5.56 Å². The number of fused-ring (bicyclic) bond motifs is 3. The van der Waals surface area contributed by atoms with E-state index in [0.29, 0.717) is 24.3 Å². The highest BCUT2D eigenvalue weighted by Crippen LogP contribution is 2.36. The van der Waals surface area contributed by atoms with Crippen molar-refractivity contribution >= 4 is 15.7 Å². The van der Waals surface area contributed by atoms with Crippen molar-refractivity contribution in [2.24, 2.45) is 0 Å². The molecule has 1 aliphatic heterocycles. The Balaban J connectivity index is 1.85. The number of aromatic nitrogens is 3. The van der Waals surface area contributed by atoms with E-state index in [4.69, 9.17) is 0 Å². The van der Waals surface area contributed by atoms with Gasteiger partial charge < -0.3 is 10.4 Å². The van der Waals surface area contributed by atoms with Gasteiger partial charge in [-0.2, -0.15) is 5.10 Å². The number of benzene rings is 1. The van der Waals surface area contributed by atoms with Crippen molar-refractivity contribution in [3.63, 3.8) is 0 Å². The molecule has 2 aromatic heterocycles. The van der Waals surface area contributed by atoms with Crippen LogP contribution < -0.4 is 5.32 Å². The Morgan fingerprint density at radius 2 is 1.96 bits per heavy atom. The minimum Gasteiger partial charge on any atom is -0.493 e. The number of rotatable bonds is 2. The summed E-state index contributed by atoms with van der Waals surface area (Å²) >= 11 is 0. The monoisotopic (exact) mass is 356 g/mol. The van der Waals surface area contributed by atoms with Crippen LogP contribution in [0, 0.1) is 0 Å². The quantitative estimate of drug-likeness (QED) is 0.729. The summed E-state index contributed by atoms with van der Waals surface area (Å²) < 4.78 is 24.6. The summed E-state index contributed by atoms with van der Waals surface area (Å²) in [6.45, 7) is 0.642. The van der Waals surface area contributed by atoms with Crippen LogP contribution in [0.4, 0.5) is 5.82 Å². The van der Waals surface area contributed by atoms with Crippen molar-refractivity contribution in [3.05, 3.63) is 48.2 Å². The lowest BCUT2D eigenvalue weighted by Gasteiger charge is -2.07. The van der Waals surface area contributed by atoms with E-state index in [1.807, 2.05) is 12.1 Å². The summed E-state index contributed by atoms with van der Waals surface area (Å²) in [7, 11) is -3.27. The van der Waals surface area contributed by atoms with Crippen molar-refractivity contribution in [2.45, 2.75) is 11.3 Å². The topological polar surface area (TPSA) is 97.1 Å². The van der Waals surface area contributed by atoms with E-state index in [0.717, 1.165) is 23.2 Å². The largest absolute Gasteiger partial charge is 0.493 e. The smallest absolute Gasteiger partial charge is 0.218 e. The third-order valence-electron chi connectivity index (χ3n) is 4.20. The fraction of sp³-hybridized carbons (Fsp3) is 0.176. The number of hydrogen-bond donors (Lipinski definition) is 2. The van der Waals surface area contributed by atoms with Crippen LogP contribution in [0.2, 0.25) is 0 Å². The first kappa shape index (κ1) is 15.6. The molecule has 1 aromatic carbocycles. The van der Waals surface area contributed by atoms with Gasteiger partial charge in [0.05, 0.1) is 10.6 Å². The third-order valence-corrected chi connectivity index (χ3v) is 5.32. The highest BCUT2D eigenvalue weighted by atomic mass is 32.2. The van der Waals surface area contributed by atoms with Crippen LogP contribution in [-0.4, -0.2) is 41.1 Å². The molecule has 2 N–H and O–H groups in total. The van der Waals surface area contributed by atoms with E-state index in [-0.39, 0.29) is 10.8 Å². The second-order valence-electron chi connectivity index (χ2n) is 5.90. The number of sulfone groups is 1. The summed E-state index contributed by atoms with van der Waals surface area (Å²) in [4.78, 5) is 4.54. The van der Waals surface area contributed by atoms with Gasteiger partial charge in [0, 0.05) is 30.1 Å². The zero-order valence-corrected chi connectivity index (χ0v) is 14.3. The molecule has 0 saturated carbocycles. The molecule has 25 heavy (non-hydrogen) atoms. The molecule has 0 fully saturated rings. The maximum Gasteiger partial charge on any atom is 0.218 e. The van der Waals surface area contributed by atoms with Crippen LogP contribution in [0.25, 0.3) is 16.9 Å². The molecule has 7 nitrogen and oxygen atoms in total. The Morgan fingerprint density at radius 1 is 1.20 bits per heavy atom. The average Bonchev–Trinajstić information content (AvgIpc) is 2.80. The van der Waals surface area contributed by atoms with Crippen LogP contribution in [0.3, 0.4) is 0 Å². The Labute approximate surface area is 144 Å². The molecule has 128 valence electrons. The van der Waals surface area contributed by atoms with Crippen LogP contribution in [0.5, 0.6) is 5.88 Å². The van der Waals surface area contributed by atoms with Crippen LogP contribution in [0.15, 0.2) is 47.5 Å². The zero-order chi connectivity index (χ0) is 17.6. The first-order valence-corrected chi connectivity index (χ1v) is 9.65. The SMILES string of the molecule is CS(=O)(=O)c1ccc(-n2nc3c(c2O)CCNc2ncccc2-3)cc1. The predicted molar refractivity (Wildman–Crippen MR) is 93.8 cm³/mol. The number of pyridine rings is 1. The highest BCUT2D eigenvalue weighted by Gasteiger charge is 2.24. The molecule has 0 spiro atoms. The van der Waals surface area contributed by atoms with Gasteiger partial charge in [-0.15, -0.1) is 0 Å². The summed E-state index contributed by atoms with van der Waals surface area (Å²) in [5.41, 5.74) is 2.84. The van der Waals surface area contributed by atoms with E-state index < -0.39 is 9.84 Å². The van der Waals surface area contributed by atoms with E-state index in [2.05, 4.69) is 15.4 Å². The van der Waals surface area contributed by atoms with E-state index >= 15 is 0 Å². The highest BCUT2D eigenvalue weighted by molar-refractivity contribution is 7.90. The molecular weight excluding hydrogens is 340 g/mol. The second-order valence-corrected chi connectivity index (χ2v) is 7.92. The fourth-order valence-corrected chi connectivity index (χ4v) is 3.58. The van der Waals surface area contributed by atoms with Gasteiger partial charge in [-0.3, -0.25) is 0 Å². The maximum atomic E-state index is 11.6. The van der Waals surface area contributed by atoms with Gasteiger partial charge in [-0.05, 0) is 42.8 Å². The van der Waals surface area contributed by atoms with E-state index in [1.54, 1.807) is 18.3 Å². The van der Waals surface area contributed by atoms with Gasteiger partial charge in [0.25, 0.3) is 0 Å². The summed E-state index contributed by atoms with van der Waals surface area (Å²) in [6, 6.07) is 10.0. The van der Waals surface area contributed by atoms with E-state index in [1.165, 1.54) is 16.8 Å². The molecule has 0 radical (unpaired) electrons. The number of hydrogen-bond acceptors (Lipinski definition) is 6. The third kappa shape index (κ3) is 2.64.